The molecule has 0 fully saturated rings. The zero-order valence-electron chi connectivity index (χ0n) is 11.9. The highest BCUT2D eigenvalue weighted by Crippen LogP contribution is 2.29. The van der Waals surface area contributed by atoms with Crippen molar-refractivity contribution in [3.05, 3.63) is 54.2 Å². The van der Waals surface area contributed by atoms with E-state index in [1.165, 1.54) is 19.2 Å². The number of anilines is 1. The molecule has 5 nitrogen and oxygen atoms in total. The zero-order valence-corrected chi connectivity index (χ0v) is 11.9. The molecule has 1 aromatic carbocycles. The van der Waals surface area contributed by atoms with Gasteiger partial charge in [-0.2, -0.15) is 0 Å². The molecule has 3 N–H and O–H groups in total. The van der Waals surface area contributed by atoms with Crippen LogP contribution in [0.3, 0.4) is 0 Å². The van der Waals surface area contributed by atoms with Gasteiger partial charge in [0.15, 0.2) is 11.6 Å². The van der Waals surface area contributed by atoms with Crippen molar-refractivity contribution in [3.8, 4) is 5.75 Å². The van der Waals surface area contributed by atoms with Gasteiger partial charge in [-0.15, -0.1) is 0 Å². The van der Waals surface area contributed by atoms with Crippen molar-refractivity contribution in [2.75, 3.05) is 5.32 Å². The molecule has 0 aliphatic carbocycles. The third kappa shape index (κ3) is 3.20. The van der Waals surface area contributed by atoms with Gasteiger partial charge in [0.2, 0.25) is 0 Å². The number of rotatable bonds is 4. The molecule has 110 valence electrons. The van der Waals surface area contributed by atoms with Gasteiger partial charge in [-0.25, -0.2) is 4.98 Å². The summed E-state index contributed by atoms with van der Waals surface area (Å²) in [6.07, 6.45) is 1.45. The van der Waals surface area contributed by atoms with E-state index in [4.69, 9.17) is 0 Å². The summed E-state index contributed by atoms with van der Waals surface area (Å²) in [5.74, 6) is -1.14. The van der Waals surface area contributed by atoms with Gasteiger partial charge in [-0.05, 0) is 24.6 Å². The van der Waals surface area contributed by atoms with Gasteiger partial charge in [-0.3, -0.25) is 4.79 Å². The van der Waals surface area contributed by atoms with Crippen LogP contribution in [0.1, 0.15) is 25.3 Å². The third-order valence-corrected chi connectivity index (χ3v) is 3.62. The summed E-state index contributed by atoms with van der Waals surface area (Å²) in [6.45, 7) is 3.22. The number of aliphatic hydroxyl groups is 1. The van der Waals surface area contributed by atoms with Crippen LogP contribution >= 0.6 is 0 Å². The monoisotopic (exact) mass is 286 g/mol. The van der Waals surface area contributed by atoms with Crippen LogP contribution in [0.15, 0.2) is 48.7 Å². The minimum Gasteiger partial charge on any atom is -0.504 e. The average Bonchev–Trinajstić information content (AvgIpc) is 2.49. The predicted octanol–water partition coefficient (Wildman–Crippen LogP) is 2.28. The van der Waals surface area contributed by atoms with Crippen LogP contribution in [0.25, 0.3) is 0 Å². The van der Waals surface area contributed by atoms with E-state index in [-0.39, 0.29) is 11.6 Å². The van der Waals surface area contributed by atoms with E-state index >= 15 is 0 Å². The molecule has 0 bridgehead atoms. The lowest BCUT2D eigenvalue weighted by Crippen LogP contribution is -2.44. The lowest BCUT2D eigenvalue weighted by molar-refractivity contribution is -0.134. The Hall–Kier alpha value is -2.40. The normalized spacial score (nSPS) is 15.0. The van der Waals surface area contributed by atoms with E-state index < -0.39 is 17.4 Å². The number of benzene rings is 1. The Morgan fingerprint density at radius 1 is 1.24 bits per heavy atom. The number of carbonyl (C=O) groups excluding carboxylic acids is 1. The van der Waals surface area contributed by atoms with Crippen molar-refractivity contribution in [1.29, 1.82) is 0 Å². The lowest BCUT2D eigenvalue weighted by atomic mass is 9.84. The van der Waals surface area contributed by atoms with Gasteiger partial charge in [-0.1, -0.05) is 37.3 Å². The van der Waals surface area contributed by atoms with Crippen LogP contribution in [0.5, 0.6) is 5.75 Å². The number of amides is 1. The Balaban J connectivity index is 2.19. The first kappa shape index (κ1) is 15.0. The summed E-state index contributed by atoms with van der Waals surface area (Å²) in [5.41, 5.74) is -0.784. The Morgan fingerprint density at radius 2 is 1.90 bits per heavy atom. The molecule has 0 spiro atoms. The molecule has 0 saturated carbocycles. The molecular weight excluding hydrogens is 268 g/mol. The third-order valence-electron chi connectivity index (χ3n) is 3.62. The van der Waals surface area contributed by atoms with Crippen molar-refractivity contribution >= 4 is 11.7 Å². The second-order valence-corrected chi connectivity index (χ2v) is 5.11. The lowest BCUT2D eigenvalue weighted by Gasteiger charge is -2.29. The van der Waals surface area contributed by atoms with Crippen LogP contribution in [0.2, 0.25) is 0 Å². The van der Waals surface area contributed by atoms with E-state index in [1.54, 1.807) is 13.0 Å². The minimum absolute atomic E-state index is 0.0306. The Kier molecular flexibility index (Phi) is 4.23. The molecule has 0 radical (unpaired) electrons. The second kappa shape index (κ2) is 5.93. The van der Waals surface area contributed by atoms with Gasteiger partial charge in [0.1, 0.15) is 5.60 Å². The largest absolute Gasteiger partial charge is 0.504 e. The number of pyridine rings is 1. The molecule has 0 aliphatic heterocycles. The first-order valence-corrected chi connectivity index (χ1v) is 6.65. The van der Waals surface area contributed by atoms with Gasteiger partial charge in [0.25, 0.3) is 5.91 Å². The van der Waals surface area contributed by atoms with Crippen LogP contribution in [0.4, 0.5) is 5.82 Å². The number of carbonyl (C=O) groups is 1. The van der Waals surface area contributed by atoms with Crippen LogP contribution < -0.4 is 5.32 Å². The fourth-order valence-corrected chi connectivity index (χ4v) is 1.99. The van der Waals surface area contributed by atoms with Gasteiger partial charge in [0, 0.05) is 12.1 Å². The maximum atomic E-state index is 12.3. The fraction of sp³-hybridized carbons (Fsp3) is 0.250. The quantitative estimate of drug-likeness (QED) is 0.805. The predicted molar refractivity (Wildman–Crippen MR) is 80.0 cm³/mol. The molecule has 5 heteroatoms. The maximum absolute atomic E-state index is 12.3. The summed E-state index contributed by atoms with van der Waals surface area (Å²) in [6, 6.07) is 12.2. The molecule has 2 unspecified atom stereocenters. The number of aromatic nitrogens is 1. The molecule has 0 aliphatic rings. The molecule has 2 atom stereocenters. The number of hydrogen-bond donors (Lipinski definition) is 3. The molecule has 2 rings (SSSR count). The van der Waals surface area contributed by atoms with E-state index in [1.807, 2.05) is 30.3 Å². The van der Waals surface area contributed by atoms with Gasteiger partial charge < -0.3 is 15.5 Å². The average molecular weight is 286 g/mol. The summed E-state index contributed by atoms with van der Waals surface area (Å²) in [5, 5.41) is 22.6. The Morgan fingerprint density at radius 3 is 2.52 bits per heavy atom. The maximum Gasteiger partial charge on any atom is 0.257 e. The van der Waals surface area contributed by atoms with Gasteiger partial charge >= 0.3 is 0 Å². The highest BCUT2D eigenvalue weighted by molar-refractivity contribution is 5.97. The second-order valence-electron chi connectivity index (χ2n) is 5.11. The van der Waals surface area contributed by atoms with E-state index in [9.17, 15) is 15.0 Å². The minimum atomic E-state index is -1.63. The SMILES string of the molecule is CC(c1ccccc1)C(C)(O)C(=O)Nc1ncccc1O. The molecule has 0 saturated heterocycles. The Bertz CT molecular complexity index is 626. The van der Waals surface area contributed by atoms with Gasteiger partial charge in [0.05, 0.1) is 0 Å². The number of hydrogen-bond acceptors (Lipinski definition) is 4. The van der Waals surface area contributed by atoms with Crippen molar-refractivity contribution in [3.63, 3.8) is 0 Å². The highest BCUT2D eigenvalue weighted by Gasteiger charge is 2.37. The molecule has 1 amide bonds. The summed E-state index contributed by atoms with van der Waals surface area (Å²) in [4.78, 5) is 16.2. The summed E-state index contributed by atoms with van der Waals surface area (Å²) in [7, 11) is 0. The van der Waals surface area contributed by atoms with Crippen molar-refractivity contribution in [2.24, 2.45) is 0 Å². The summed E-state index contributed by atoms with van der Waals surface area (Å²) >= 11 is 0. The van der Waals surface area contributed by atoms with E-state index in [0.717, 1.165) is 5.56 Å². The highest BCUT2D eigenvalue weighted by atomic mass is 16.3. The van der Waals surface area contributed by atoms with E-state index in [2.05, 4.69) is 10.3 Å². The molecule has 1 aromatic heterocycles. The molecule has 21 heavy (non-hydrogen) atoms. The van der Waals surface area contributed by atoms with Crippen molar-refractivity contribution in [1.82, 2.24) is 4.98 Å². The van der Waals surface area contributed by atoms with Crippen molar-refractivity contribution in [2.45, 2.75) is 25.4 Å². The number of aromatic hydroxyl groups is 1. The fourth-order valence-electron chi connectivity index (χ4n) is 1.99. The first-order chi connectivity index (χ1) is 9.93. The van der Waals surface area contributed by atoms with Crippen molar-refractivity contribution < 1.29 is 15.0 Å². The number of nitrogens with one attached hydrogen (secondary N) is 1. The smallest absolute Gasteiger partial charge is 0.257 e. The molecule has 2 aromatic rings. The Labute approximate surface area is 123 Å². The van der Waals surface area contributed by atoms with Crippen LogP contribution in [-0.2, 0) is 4.79 Å². The molecular formula is C16H18N2O3. The number of nitrogens with zero attached hydrogens (tertiary/aromatic N) is 1. The summed E-state index contributed by atoms with van der Waals surface area (Å²) < 4.78 is 0. The van der Waals surface area contributed by atoms with E-state index in [0.29, 0.717) is 0 Å². The van der Waals surface area contributed by atoms with Crippen LogP contribution in [0, 0.1) is 0 Å². The first-order valence-electron chi connectivity index (χ1n) is 6.65. The zero-order chi connectivity index (χ0) is 15.5. The molecule has 1 heterocycles. The van der Waals surface area contributed by atoms with Crippen LogP contribution in [-0.4, -0.2) is 26.7 Å². The topological polar surface area (TPSA) is 82.5 Å². The standard InChI is InChI=1S/C16H18N2O3/c1-11(12-7-4-3-5-8-12)16(2,21)15(20)18-14-13(19)9-6-10-17-14/h3-11,19,21H,1-2H3,(H,17,18,20).